The van der Waals surface area contributed by atoms with E-state index in [2.05, 4.69) is 0 Å². The molecule has 2 saturated heterocycles. The standard InChI is InChI=1S/C30H58O16/c1-31-13-17(33-3)21(35-5)22(36-6)18(34-4)15-43-29-28(42-12)26(40-10)24(38-8)20(46-29)16-44-30-27(41-11)25(39-9)23(37-7)19(45-30)14-32-2/h17-30H,13-16H2,1-12H3/t17-,18+,19+,20+,21+,22-,23-,24-,25-,26-,27+,28+,29+,30+/m0/s1. The maximum absolute atomic E-state index is 6.43. The molecule has 0 aromatic carbocycles. The molecule has 0 aromatic heterocycles. The fourth-order valence-corrected chi connectivity index (χ4v) is 6.19. The summed E-state index contributed by atoms with van der Waals surface area (Å²) in [6.45, 7) is 0.627. The molecule has 0 unspecified atom stereocenters. The van der Waals surface area contributed by atoms with Crippen LogP contribution >= 0.6 is 0 Å². The van der Waals surface area contributed by atoms with E-state index in [0.717, 1.165) is 0 Å². The predicted octanol–water partition coefficient (Wildman–Crippen LogP) is -0.0878. The Morgan fingerprint density at radius 2 is 0.826 bits per heavy atom. The molecular formula is C30H58O16. The lowest BCUT2D eigenvalue weighted by molar-refractivity contribution is -0.343. The molecule has 0 aromatic rings. The first-order chi connectivity index (χ1) is 22.3. The van der Waals surface area contributed by atoms with Gasteiger partial charge in [0.15, 0.2) is 12.6 Å². The van der Waals surface area contributed by atoms with Crippen LogP contribution in [0.1, 0.15) is 0 Å². The summed E-state index contributed by atoms with van der Waals surface area (Å²) in [6, 6.07) is 0. The summed E-state index contributed by atoms with van der Waals surface area (Å²) in [5.74, 6) is 0. The van der Waals surface area contributed by atoms with E-state index in [4.69, 9.17) is 75.8 Å². The van der Waals surface area contributed by atoms with Gasteiger partial charge in [-0.15, -0.1) is 0 Å². The minimum Gasteiger partial charge on any atom is -0.382 e. The highest BCUT2D eigenvalue weighted by Gasteiger charge is 2.51. The third-order valence-electron chi connectivity index (χ3n) is 8.53. The molecule has 0 bridgehead atoms. The Morgan fingerprint density at radius 1 is 0.413 bits per heavy atom. The number of rotatable bonds is 23. The van der Waals surface area contributed by atoms with E-state index in [1.54, 1.807) is 85.3 Å². The third kappa shape index (κ3) is 10.2. The van der Waals surface area contributed by atoms with Gasteiger partial charge >= 0.3 is 0 Å². The summed E-state index contributed by atoms with van der Waals surface area (Å²) in [5, 5.41) is 0. The summed E-state index contributed by atoms with van der Waals surface area (Å²) < 4.78 is 93.6. The Labute approximate surface area is 273 Å². The van der Waals surface area contributed by atoms with E-state index in [-0.39, 0.29) is 26.4 Å². The zero-order chi connectivity index (χ0) is 34.2. The average molecular weight is 675 g/mol. The Kier molecular flexibility index (Phi) is 20.0. The zero-order valence-electron chi connectivity index (χ0n) is 29.4. The third-order valence-corrected chi connectivity index (χ3v) is 8.53. The molecule has 2 rings (SSSR count). The van der Waals surface area contributed by atoms with Gasteiger partial charge in [-0.2, -0.15) is 0 Å². The largest absolute Gasteiger partial charge is 0.382 e. The van der Waals surface area contributed by atoms with Crippen LogP contribution in [-0.4, -0.2) is 198 Å². The van der Waals surface area contributed by atoms with E-state index in [0.29, 0.717) is 0 Å². The molecule has 0 radical (unpaired) electrons. The number of ether oxygens (including phenoxy) is 16. The number of hydrogen-bond acceptors (Lipinski definition) is 16. The smallest absolute Gasteiger partial charge is 0.187 e. The topological polar surface area (TPSA) is 148 Å². The number of hydrogen-bond donors (Lipinski definition) is 0. The first-order valence-corrected chi connectivity index (χ1v) is 15.1. The van der Waals surface area contributed by atoms with Crippen LogP contribution < -0.4 is 0 Å². The molecule has 0 aliphatic carbocycles. The minimum absolute atomic E-state index is 0.0274. The van der Waals surface area contributed by atoms with Gasteiger partial charge in [-0.05, 0) is 0 Å². The van der Waals surface area contributed by atoms with Crippen LogP contribution in [0.25, 0.3) is 0 Å². The van der Waals surface area contributed by atoms with E-state index in [1.165, 1.54) is 0 Å². The van der Waals surface area contributed by atoms with E-state index >= 15 is 0 Å². The summed E-state index contributed by atoms with van der Waals surface area (Å²) in [7, 11) is 18.9. The van der Waals surface area contributed by atoms with Gasteiger partial charge in [-0.1, -0.05) is 0 Å². The average Bonchev–Trinajstić information content (AvgIpc) is 3.08. The SMILES string of the molecule is COC[C@H](OC)[C@@H](OC)[C@@H](OC)[C@@H](CO[C@@H]1O[C@H](CO[C@@H]2O[C@H](COC)[C@H](OC)[C@H](OC)[C@H]2OC)[C@H](OC)[C@H](OC)[C@H]1OC)OC. The molecule has 16 nitrogen and oxygen atoms in total. The van der Waals surface area contributed by atoms with Crippen molar-refractivity contribution in [2.24, 2.45) is 0 Å². The summed E-state index contributed by atoms with van der Waals surface area (Å²) >= 11 is 0. The van der Waals surface area contributed by atoms with Crippen molar-refractivity contribution in [2.75, 3.05) is 112 Å². The second kappa shape index (κ2) is 22.2. The fourth-order valence-electron chi connectivity index (χ4n) is 6.19. The van der Waals surface area contributed by atoms with Crippen molar-refractivity contribution < 1.29 is 75.8 Å². The predicted molar refractivity (Wildman–Crippen MR) is 161 cm³/mol. The quantitative estimate of drug-likeness (QED) is 0.142. The highest BCUT2D eigenvalue weighted by atomic mass is 16.8. The van der Waals surface area contributed by atoms with Crippen molar-refractivity contribution >= 4 is 0 Å². The summed E-state index contributed by atoms with van der Waals surface area (Å²) in [6.07, 6.45) is -8.36. The molecule has 2 aliphatic heterocycles. The first-order valence-electron chi connectivity index (χ1n) is 15.1. The maximum atomic E-state index is 6.43. The van der Waals surface area contributed by atoms with Gasteiger partial charge in [0, 0.05) is 85.3 Å². The number of methoxy groups -OCH3 is 12. The van der Waals surface area contributed by atoms with Gasteiger partial charge in [0.05, 0.1) is 26.4 Å². The second-order valence-electron chi connectivity index (χ2n) is 10.8. The molecule has 2 fully saturated rings. The fraction of sp³-hybridized carbons (Fsp3) is 1.00. The maximum Gasteiger partial charge on any atom is 0.187 e. The molecule has 14 atom stereocenters. The molecule has 2 heterocycles. The van der Waals surface area contributed by atoms with Crippen LogP contribution in [0.4, 0.5) is 0 Å². The Bertz CT molecular complexity index is 781. The highest BCUT2D eigenvalue weighted by Crippen LogP contribution is 2.32. The molecule has 0 amide bonds. The molecule has 274 valence electrons. The summed E-state index contributed by atoms with van der Waals surface area (Å²) in [5.41, 5.74) is 0. The summed E-state index contributed by atoms with van der Waals surface area (Å²) in [4.78, 5) is 0. The normalized spacial score (nSPS) is 34.7. The first kappa shape index (κ1) is 41.5. The van der Waals surface area contributed by atoms with E-state index in [1.807, 2.05) is 0 Å². The van der Waals surface area contributed by atoms with Gasteiger partial charge in [0.25, 0.3) is 0 Å². The lowest BCUT2D eigenvalue weighted by Gasteiger charge is -2.47. The highest BCUT2D eigenvalue weighted by molar-refractivity contribution is 4.95. The molecule has 0 spiro atoms. The van der Waals surface area contributed by atoms with Crippen LogP contribution in [0.2, 0.25) is 0 Å². The lowest BCUT2D eigenvalue weighted by atomic mass is 9.97. The molecular weight excluding hydrogens is 616 g/mol. The Morgan fingerprint density at radius 3 is 1.20 bits per heavy atom. The molecule has 16 heteroatoms. The lowest BCUT2D eigenvalue weighted by Crippen LogP contribution is -2.63. The van der Waals surface area contributed by atoms with Crippen LogP contribution in [0.5, 0.6) is 0 Å². The van der Waals surface area contributed by atoms with Crippen LogP contribution in [0.15, 0.2) is 0 Å². The van der Waals surface area contributed by atoms with Crippen molar-refractivity contribution in [3.63, 3.8) is 0 Å². The Balaban J connectivity index is 2.26. The van der Waals surface area contributed by atoms with Crippen LogP contribution in [-0.2, 0) is 75.8 Å². The van der Waals surface area contributed by atoms with E-state index in [9.17, 15) is 0 Å². The van der Waals surface area contributed by atoms with Gasteiger partial charge < -0.3 is 75.8 Å². The second-order valence-corrected chi connectivity index (χ2v) is 10.8. The van der Waals surface area contributed by atoms with Crippen molar-refractivity contribution in [1.29, 1.82) is 0 Å². The van der Waals surface area contributed by atoms with Gasteiger partial charge in [-0.3, -0.25) is 0 Å². The monoisotopic (exact) mass is 674 g/mol. The van der Waals surface area contributed by atoms with Crippen molar-refractivity contribution in [1.82, 2.24) is 0 Å². The molecule has 0 N–H and O–H groups in total. The van der Waals surface area contributed by atoms with Crippen LogP contribution in [0, 0.1) is 0 Å². The van der Waals surface area contributed by atoms with Crippen LogP contribution in [0.3, 0.4) is 0 Å². The van der Waals surface area contributed by atoms with Crippen molar-refractivity contribution in [3.05, 3.63) is 0 Å². The molecule has 0 saturated carbocycles. The molecule has 2 aliphatic rings. The minimum atomic E-state index is -0.903. The van der Waals surface area contributed by atoms with E-state index < -0.39 is 85.8 Å². The van der Waals surface area contributed by atoms with Crippen molar-refractivity contribution in [2.45, 2.75) is 85.8 Å². The Hall–Kier alpha value is -0.640. The van der Waals surface area contributed by atoms with Gasteiger partial charge in [-0.25, -0.2) is 0 Å². The van der Waals surface area contributed by atoms with Gasteiger partial charge in [0.1, 0.15) is 73.2 Å². The van der Waals surface area contributed by atoms with Crippen molar-refractivity contribution in [3.8, 4) is 0 Å². The van der Waals surface area contributed by atoms with Gasteiger partial charge in [0.2, 0.25) is 0 Å². The zero-order valence-corrected chi connectivity index (χ0v) is 29.4. The molecule has 46 heavy (non-hydrogen) atoms.